The van der Waals surface area contributed by atoms with Crippen molar-refractivity contribution < 1.29 is 0 Å². The Bertz CT molecular complexity index is 386. The first-order valence-corrected chi connectivity index (χ1v) is 8.25. The van der Waals surface area contributed by atoms with Gasteiger partial charge in [-0.1, -0.05) is 38.8 Å². The lowest BCUT2D eigenvalue weighted by Crippen LogP contribution is -2.42. The summed E-state index contributed by atoms with van der Waals surface area (Å²) in [7, 11) is 0. The van der Waals surface area contributed by atoms with Crippen molar-refractivity contribution in [2.75, 3.05) is 6.54 Å². The Morgan fingerprint density at radius 3 is 2.83 bits per heavy atom. The monoisotopic (exact) mass is 285 g/mol. The van der Waals surface area contributed by atoms with E-state index in [4.69, 9.17) is 11.6 Å². The van der Waals surface area contributed by atoms with E-state index in [2.05, 4.69) is 31.5 Å². The maximum absolute atomic E-state index is 6.24. The van der Waals surface area contributed by atoms with Gasteiger partial charge in [-0.3, -0.25) is 0 Å². The maximum Gasteiger partial charge on any atom is 0.0545 e. The number of nitrogens with one attached hydrogen (secondary N) is 1. The molecule has 1 saturated carbocycles. The van der Waals surface area contributed by atoms with Crippen LogP contribution in [0, 0.1) is 11.3 Å². The molecule has 0 radical (unpaired) electrons. The third-order valence-electron chi connectivity index (χ3n) is 4.39. The number of likely N-dealkylation sites (N-methyl/N-ethyl adjacent to an activating group) is 1. The second-order valence-corrected chi connectivity index (χ2v) is 7.46. The summed E-state index contributed by atoms with van der Waals surface area (Å²) in [6.45, 7) is 8.08. The summed E-state index contributed by atoms with van der Waals surface area (Å²) in [5, 5.41) is 6.73. The number of thiophene rings is 1. The van der Waals surface area contributed by atoms with E-state index in [9.17, 15) is 0 Å². The largest absolute Gasteiger partial charge is 0.314 e. The molecule has 1 heterocycles. The molecule has 2 unspecified atom stereocenters. The molecule has 0 aliphatic heterocycles. The van der Waals surface area contributed by atoms with E-state index >= 15 is 0 Å². The molecule has 1 fully saturated rings. The fourth-order valence-corrected chi connectivity index (χ4v) is 4.56. The fraction of sp³-hybridized carbons (Fsp3) is 0.733. The zero-order valence-corrected chi connectivity index (χ0v) is 13.2. The average molecular weight is 286 g/mol. The summed E-state index contributed by atoms with van der Waals surface area (Å²) in [4.78, 5) is 1.34. The van der Waals surface area contributed by atoms with Crippen molar-refractivity contribution >= 4 is 22.9 Å². The number of hydrogen-bond acceptors (Lipinski definition) is 2. The van der Waals surface area contributed by atoms with Crippen molar-refractivity contribution in [1.29, 1.82) is 0 Å². The van der Waals surface area contributed by atoms with Gasteiger partial charge in [0.2, 0.25) is 0 Å². The molecule has 1 aromatic rings. The zero-order chi connectivity index (χ0) is 13.2. The lowest BCUT2D eigenvalue weighted by atomic mass is 9.76. The third kappa shape index (κ3) is 3.09. The highest BCUT2D eigenvalue weighted by molar-refractivity contribution is 7.10. The van der Waals surface area contributed by atoms with Gasteiger partial charge in [0.15, 0.2) is 0 Å². The SMILES string of the molecule is CCNC(Cc1sccc1Cl)C1CCCC1(C)C. The van der Waals surface area contributed by atoms with E-state index in [0.29, 0.717) is 11.5 Å². The highest BCUT2D eigenvalue weighted by Crippen LogP contribution is 2.45. The van der Waals surface area contributed by atoms with Crippen LogP contribution in [0.15, 0.2) is 11.4 Å². The van der Waals surface area contributed by atoms with Crippen LogP contribution >= 0.6 is 22.9 Å². The molecule has 1 aromatic heterocycles. The van der Waals surface area contributed by atoms with Crippen LogP contribution in [0.2, 0.25) is 5.02 Å². The van der Waals surface area contributed by atoms with Crippen LogP contribution in [0.25, 0.3) is 0 Å². The van der Waals surface area contributed by atoms with Gasteiger partial charge in [0.05, 0.1) is 5.02 Å². The topological polar surface area (TPSA) is 12.0 Å². The van der Waals surface area contributed by atoms with Crippen molar-refractivity contribution in [2.45, 2.75) is 52.5 Å². The number of halogens is 1. The molecule has 2 rings (SSSR count). The first-order chi connectivity index (χ1) is 8.54. The lowest BCUT2D eigenvalue weighted by molar-refractivity contribution is 0.197. The Balaban J connectivity index is 2.11. The van der Waals surface area contributed by atoms with Crippen LogP contribution in [-0.2, 0) is 6.42 Å². The molecule has 1 aliphatic rings. The van der Waals surface area contributed by atoms with Crippen LogP contribution in [0.3, 0.4) is 0 Å². The first-order valence-electron chi connectivity index (χ1n) is 7.00. The Morgan fingerprint density at radius 2 is 2.33 bits per heavy atom. The van der Waals surface area contributed by atoms with E-state index in [0.717, 1.165) is 23.9 Å². The predicted octanol–water partition coefficient (Wildman–Crippen LogP) is 4.75. The van der Waals surface area contributed by atoms with E-state index in [1.807, 2.05) is 6.07 Å². The molecule has 2 atom stereocenters. The number of hydrogen-bond donors (Lipinski definition) is 1. The molecule has 0 aromatic carbocycles. The smallest absolute Gasteiger partial charge is 0.0545 e. The number of rotatable bonds is 5. The van der Waals surface area contributed by atoms with Gasteiger partial charge < -0.3 is 5.32 Å². The molecule has 1 nitrogen and oxygen atoms in total. The molecule has 3 heteroatoms. The summed E-state index contributed by atoms with van der Waals surface area (Å²) in [5.74, 6) is 0.774. The van der Waals surface area contributed by atoms with Gasteiger partial charge in [0.25, 0.3) is 0 Å². The summed E-state index contributed by atoms with van der Waals surface area (Å²) in [6, 6.07) is 2.59. The van der Waals surface area contributed by atoms with Crippen LogP contribution in [0.4, 0.5) is 0 Å². The van der Waals surface area contributed by atoms with Gasteiger partial charge in [0.1, 0.15) is 0 Å². The normalized spacial score (nSPS) is 24.3. The fourth-order valence-electron chi connectivity index (χ4n) is 3.39. The highest BCUT2D eigenvalue weighted by Gasteiger charge is 2.39. The van der Waals surface area contributed by atoms with Crippen molar-refractivity contribution in [1.82, 2.24) is 5.32 Å². The van der Waals surface area contributed by atoms with Gasteiger partial charge in [0, 0.05) is 10.9 Å². The predicted molar refractivity (Wildman–Crippen MR) is 81.6 cm³/mol. The van der Waals surface area contributed by atoms with Gasteiger partial charge in [-0.05, 0) is 48.6 Å². The quantitative estimate of drug-likeness (QED) is 0.823. The van der Waals surface area contributed by atoms with Gasteiger partial charge in [-0.25, -0.2) is 0 Å². The average Bonchev–Trinajstić information content (AvgIpc) is 2.84. The molecule has 0 amide bonds. The van der Waals surface area contributed by atoms with Crippen molar-refractivity contribution in [3.8, 4) is 0 Å². The standard InChI is InChI=1S/C15H24ClNS/c1-4-17-13(10-14-12(16)7-9-18-14)11-6-5-8-15(11,2)3/h7,9,11,13,17H,4-6,8,10H2,1-3H3. The van der Waals surface area contributed by atoms with Crippen LogP contribution in [-0.4, -0.2) is 12.6 Å². The zero-order valence-electron chi connectivity index (χ0n) is 11.6. The minimum atomic E-state index is 0.469. The van der Waals surface area contributed by atoms with E-state index in [-0.39, 0.29) is 0 Å². The van der Waals surface area contributed by atoms with E-state index in [1.54, 1.807) is 11.3 Å². The summed E-state index contributed by atoms with van der Waals surface area (Å²) in [6.07, 6.45) is 5.17. The Morgan fingerprint density at radius 1 is 1.56 bits per heavy atom. The molecule has 0 saturated heterocycles. The summed E-state index contributed by atoms with van der Waals surface area (Å²) < 4.78 is 0. The lowest BCUT2D eigenvalue weighted by Gasteiger charge is -2.34. The van der Waals surface area contributed by atoms with Crippen LogP contribution in [0.5, 0.6) is 0 Å². The van der Waals surface area contributed by atoms with E-state index < -0.39 is 0 Å². The third-order valence-corrected chi connectivity index (χ3v) is 5.80. The molecule has 18 heavy (non-hydrogen) atoms. The van der Waals surface area contributed by atoms with Crippen LogP contribution in [0.1, 0.15) is 44.9 Å². The molecule has 102 valence electrons. The van der Waals surface area contributed by atoms with E-state index in [1.165, 1.54) is 24.1 Å². The minimum absolute atomic E-state index is 0.469. The second kappa shape index (κ2) is 5.94. The van der Waals surface area contributed by atoms with Gasteiger partial charge in [-0.2, -0.15) is 0 Å². The van der Waals surface area contributed by atoms with Crippen LogP contribution < -0.4 is 5.32 Å². The molecular formula is C15H24ClNS. The Kier molecular flexibility index (Phi) is 4.74. The van der Waals surface area contributed by atoms with Crippen molar-refractivity contribution in [3.63, 3.8) is 0 Å². The van der Waals surface area contributed by atoms with Gasteiger partial charge >= 0.3 is 0 Å². The Hall–Kier alpha value is -0.0500. The molecule has 1 aliphatic carbocycles. The highest BCUT2D eigenvalue weighted by atomic mass is 35.5. The van der Waals surface area contributed by atoms with Crippen molar-refractivity contribution in [2.24, 2.45) is 11.3 Å². The molecule has 1 N–H and O–H groups in total. The van der Waals surface area contributed by atoms with Crippen molar-refractivity contribution in [3.05, 3.63) is 21.3 Å². The first kappa shape index (κ1) is 14.4. The summed E-state index contributed by atoms with van der Waals surface area (Å²) >= 11 is 8.04. The second-order valence-electron chi connectivity index (χ2n) is 6.05. The molecular weight excluding hydrogens is 262 g/mol. The Labute approximate surface area is 120 Å². The summed E-state index contributed by atoms with van der Waals surface area (Å²) in [5.41, 5.74) is 0.469. The molecule has 0 spiro atoms. The molecule has 0 bridgehead atoms. The maximum atomic E-state index is 6.24. The van der Waals surface area contributed by atoms with Gasteiger partial charge in [-0.15, -0.1) is 11.3 Å². The minimum Gasteiger partial charge on any atom is -0.314 e.